The van der Waals surface area contributed by atoms with Crippen LogP contribution in [0.1, 0.15) is 58.8 Å². The molecule has 0 aromatic carbocycles. The van der Waals surface area contributed by atoms with Crippen molar-refractivity contribution >= 4 is 11.8 Å². The average Bonchev–Trinajstić information content (AvgIpc) is 3.22. The summed E-state index contributed by atoms with van der Waals surface area (Å²) in [5, 5.41) is 8.50. The first-order valence-corrected chi connectivity index (χ1v) is 9.36. The van der Waals surface area contributed by atoms with E-state index >= 15 is 0 Å². The van der Waals surface area contributed by atoms with E-state index in [9.17, 15) is 9.59 Å². The zero-order valence-corrected chi connectivity index (χ0v) is 16.7. The molecule has 1 aliphatic heterocycles. The largest absolute Gasteiger partial charge is 0.360 e. The van der Waals surface area contributed by atoms with Crippen molar-refractivity contribution in [3.8, 4) is 0 Å². The predicted molar refractivity (Wildman–Crippen MR) is 99.4 cm³/mol. The summed E-state index contributed by atoms with van der Waals surface area (Å²) in [5.41, 5.74) is 2.52. The van der Waals surface area contributed by atoms with Crippen LogP contribution in [0.15, 0.2) is 10.6 Å². The fourth-order valence-corrected chi connectivity index (χ4v) is 3.33. The molecule has 2 amide bonds. The van der Waals surface area contributed by atoms with E-state index in [1.807, 2.05) is 13.0 Å². The van der Waals surface area contributed by atoms with Gasteiger partial charge in [0.15, 0.2) is 5.69 Å². The van der Waals surface area contributed by atoms with Crippen molar-refractivity contribution in [1.82, 2.24) is 24.7 Å². The van der Waals surface area contributed by atoms with Crippen LogP contribution < -0.4 is 0 Å². The molecule has 3 rings (SSSR count). The van der Waals surface area contributed by atoms with Gasteiger partial charge in [-0.2, -0.15) is 5.10 Å². The molecule has 2 aromatic rings. The Bertz CT molecular complexity index is 850. The lowest BCUT2D eigenvalue weighted by Gasteiger charge is -2.26. The molecule has 27 heavy (non-hydrogen) atoms. The average molecular weight is 373 g/mol. The van der Waals surface area contributed by atoms with Gasteiger partial charge in [-0.3, -0.25) is 14.3 Å². The number of aromatic nitrogens is 3. The summed E-state index contributed by atoms with van der Waals surface area (Å²) in [5.74, 6) is 0.873. The molecular formula is C19H27N5O3. The monoisotopic (exact) mass is 373 g/mol. The zero-order valence-electron chi connectivity index (χ0n) is 16.7. The molecule has 3 heterocycles. The highest BCUT2D eigenvalue weighted by Crippen LogP contribution is 2.25. The van der Waals surface area contributed by atoms with Crippen molar-refractivity contribution < 1.29 is 14.1 Å². The predicted octanol–water partition coefficient (Wildman–Crippen LogP) is 1.99. The fraction of sp³-hybridized carbons (Fsp3) is 0.579. The molecule has 0 radical (unpaired) electrons. The van der Waals surface area contributed by atoms with Crippen LogP contribution in [-0.2, 0) is 25.9 Å². The summed E-state index contributed by atoms with van der Waals surface area (Å²) in [6, 6.07) is 1.89. The lowest BCUT2D eigenvalue weighted by Crippen LogP contribution is -2.37. The van der Waals surface area contributed by atoms with Gasteiger partial charge in [0.2, 0.25) is 0 Å². The Hall–Kier alpha value is -2.64. The molecule has 0 bridgehead atoms. The minimum Gasteiger partial charge on any atom is -0.360 e. The van der Waals surface area contributed by atoms with Crippen molar-refractivity contribution in [1.29, 1.82) is 0 Å². The number of amides is 2. The fourth-order valence-electron chi connectivity index (χ4n) is 3.33. The summed E-state index contributed by atoms with van der Waals surface area (Å²) in [4.78, 5) is 28.7. The third-order valence-electron chi connectivity index (χ3n) is 4.69. The SMILES string of the molecule is CCn1nc(CC(C)C)cc1C(=O)N1CCc2onc(C(=O)N(C)C)c2C1. The Balaban J connectivity index is 1.85. The molecule has 0 atom stereocenters. The molecule has 0 unspecified atom stereocenters. The van der Waals surface area contributed by atoms with Gasteiger partial charge in [0, 0.05) is 39.2 Å². The summed E-state index contributed by atoms with van der Waals surface area (Å²) in [7, 11) is 3.34. The van der Waals surface area contributed by atoms with Crippen molar-refractivity contribution in [2.45, 2.75) is 46.7 Å². The van der Waals surface area contributed by atoms with Gasteiger partial charge in [-0.1, -0.05) is 19.0 Å². The van der Waals surface area contributed by atoms with E-state index in [0.717, 1.165) is 12.1 Å². The van der Waals surface area contributed by atoms with E-state index < -0.39 is 0 Å². The topological polar surface area (TPSA) is 84.5 Å². The third-order valence-corrected chi connectivity index (χ3v) is 4.69. The van der Waals surface area contributed by atoms with Gasteiger partial charge in [-0.05, 0) is 25.3 Å². The molecule has 8 heteroatoms. The van der Waals surface area contributed by atoms with Gasteiger partial charge in [0.25, 0.3) is 11.8 Å². The third kappa shape index (κ3) is 3.74. The van der Waals surface area contributed by atoms with Crippen LogP contribution >= 0.6 is 0 Å². The smallest absolute Gasteiger partial charge is 0.275 e. The van der Waals surface area contributed by atoms with E-state index in [1.165, 1.54) is 4.90 Å². The van der Waals surface area contributed by atoms with E-state index in [4.69, 9.17) is 4.52 Å². The normalized spacial score (nSPS) is 13.8. The summed E-state index contributed by atoms with van der Waals surface area (Å²) in [6.07, 6.45) is 1.39. The number of carbonyl (C=O) groups excluding carboxylic acids is 2. The van der Waals surface area contributed by atoms with Crippen LogP contribution in [0.3, 0.4) is 0 Å². The van der Waals surface area contributed by atoms with Crippen molar-refractivity contribution in [2.75, 3.05) is 20.6 Å². The van der Waals surface area contributed by atoms with Crippen LogP contribution in [0.4, 0.5) is 0 Å². The molecular weight excluding hydrogens is 346 g/mol. The molecule has 1 aliphatic rings. The minimum absolute atomic E-state index is 0.0746. The highest BCUT2D eigenvalue weighted by molar-refractivity contribution is 5.95. The lowest BCUT2D eigenvalue weighted by molar-refractivity contribution is 0.0711. The molecule has 0 saturated carbocycles. The van der Waals surface area contributed by atoms with E-state index in [2.05, 4.69) is 24.1 Å². The number of carbonyl (C=O) groups is 2. The van der Waals surface area contributed by atoms with E-state index in [0.29, 0.717) is 49.0 Å². The second kappa shape index (κ2) is 7.54. The molecule has 0 fully saturated rings. The highest BCUT2D eigenvalue weighted by atomic mass is 16.5. The molecule has 146 valence electrons. The van der Waals surface area contributed by atoms with E-state index in [-0.39, 0.29) is 17.5 Å². The Morgan fingerprint density at radius 3 is 2.70 bits per heavy atom. The quantitative estimate of drug-likeness (QED) is 0.800. The Labute approximate surface area is 159 Å². The van der Waals surface area contributed by atoms with Crippen LogP contribution in [0.5, 0.6) is 0 Å². The highest BCUT2D eigenvalue weighted by Gasteiger charge is 2.31. The standard InChI is InChI=1S/C19H27N5O3/c1-6-24-15(10-13(20-24)9-12(2)3)18(25)23-8-7-16-14(11-23)17(21-27-16)19(26)22(4)5/h10,12H,6-9,11H2,1-5H3. The molecule has 0 N–H and O–H groups in total. The van der Waals surface area contributed by atoms with Gasteiger partial charge in [0.1, 0.15) is 11.5 Å². The number of hydrogen-bond donors (Lipinski definition) is 0. The first-order chi connectivity index (χ1) is 12.8. The first-order valence-electron chi connectivity index (χ1n) is 9.36. The Morgan fingerprint density at radius 1 is 1.33 bits per heavy atom. The van der Waals surface area contributed by atoms with Crippen LogP contribution in [-0.4, -0.2) is 57.2 Å². The summed E-state index contributed by atoms with van der Waals surface area (Å²) >= 11 is 0. The second-order valence-electron chi connectivity index (χ2n) is 7.54. The Morgan fingerprint density at radius 2 is 2.07 bits per heavy atom. The van der Waals surface area contributed by atoms with Crippen LogP contribution in [0.25, 0.3) is 0 Å². The summed E-state index contributed by atoms with van der Waals surface area (Å²) in [6.45, 7) is 7.73. The van der Waals surface area contributed by atoms with Crippen LogP contribution in [0, 0.1) is 5.92 Å². The van der Waals surface area contributed by atoms with Crippen molar-refractivity contribution in [2.24, 2.45) is 5.92 Å². The number of fused-ring (bicyclic) bond motifs is 1. The van der Waals surface area contributed by atoms with Gasteiger partial charge in [-0.25, -0.2) is 0 Å². The zero-order chi connectivity index (χ0) is 19.7. The minimum atomic E-state index is -0.216. The Kier molecular flexibility index (Phi) is 5.34. The van der Waals surface area contributed by atoms with Crippen LogP contribution in [0.2, 0.25) is 0 Å². The lowest BCUT2D eigenvalue weighted by atomic mass is 10.0. The molecule has 0 aliphatic carbocycles. The second-order valence-corrected chi connectivity index (χ2v) is 7.54. The van der Waals surface area contributed by atoms with Gasteiger partial charge < -0.3 is 14.3 Å². The van der Waals surface area contributed by atoms with E-state index in [1.54, 1.807) is 23.7 Å². The number of rotatable bonds is 5. The van der Waals surface area contributed by atoms with Gasteiger partial charge in [-0.15, -0.1) is 0 Å². The number of aryl methyl sites for hydroxylation is 1. The maximum atomic E-state index is 13.1. The first kappa shape index (κ1) is 19.1. The molecule has 8 nitrogen and oxygen atoms in total. The molecule has 2 aromatic heterocycles. The molecule has 0 saturated heterocycles. The summed E-state index contributed by atoms with van der Waals surface area (Å²) < 4.78 is 7.09. The van der Waals surface area contributed by atoms with Gasteiger partial charge >= 0.3 is 0 Å². The van der Waals surface area contributed by atoms with Crippen molar-refractivity contribution in [3.63, 3.8) is 0 Å². The maximum Gasteiger partial charge on any atom is 0.275 e. The number of nitrogens with zero attached hydrogens (tertiary/aromatic N) is 5. The maximum absolute atomic E-state index is 13.1. The van der Waals surface area contributed by atoms with Crippen molar-refractivity contribution in [3.05, 3.63) is 34.5 Å². The number of hydrogen-bond acceptors (Lipinski definition) is 5. The van der Waals surface area contributed by atoms with Gasteiger partial charge in [0.05, 0.1) is 12.2 Å². The molecule has 0 spiro atoms.